The largest absolute Gasteiger partial charge is 0.727 e. The van der Waals surface area contributed by atoms with Gasteiger partial charge in [0.2, 0.25) is 0 Å². The molecule has 18 heavy (non-hydrogen) atoms. The third-order valence-corrected chi connectivity index (χ3v) is 7.85. The molecule has 12 heteroatoms. The second kappa shape index (κ2) is 8.40. The normalized spacial score (nSPS) is 12.8. The smallest absolute Gasteiger partial charge is 0.353 e. The second-order valence-electron chi connectivity index (χ2n) is 2.63. The van der Waals surface area contributed by atoms with Crippen LogP contribution in [0.2, 0.25) is 0 Å². The van der Waals surface area contributed by atoms with Gasteiger partial charge in [-0.1, -0.05) is 8.43 Å². The zero-order chi connectivity index (χ0) is 14.2. The van der Waals surface area contributed by atoms with E-state index in [1.165, 1.54) is 42.7 Å². The van der Waals surface area contributed by atoms with Crippen LogP contribution in [0.25, 0.3) is 0 Å². The van der Waals surface area contributed by atoms with Crippen LogP contribution in [0.1, 0.15) is 0 Å². The molecular weight excluding hydrogens is 303 g/mol. The zero-order valence-corrected chi connectivity index (χ0v) is 14.0. The van der Waals surface area contributed by atoms with Gasteiger partial charge in [-0.25, -0.2) is 0 Å². The standard InChI is InChI=1S/C6H18O9PSi2/c1-8-17(9-2,10-3)14-16(7)15-18(11-4,12-5)13-6/h1-6H3/q+1. The summed E-state index contributed by atoms with van der Waals surface area (Å²) in [7, 11) is -1.80. The van der Waals surface area contributed by atoms with Crippen LogP contribution in [-0.2, 0) is 39.5 Å². The van der Waals surface area contributed by atoms with E-state index in [9.17, 15) is 4.57 Å². The maximum atomic E-state index is 11.7. The van der Waals surface area contributed by atoms with Gasteiger partial charge in [0, 0.05) is 47.2 Å². The monoisotopic (exact) mass is 321 g/mol. The molecule has 0 bridgehead atoms. The summed E-state index contributed by atoms with van der Waals surface area (Å²) in [5.74, 6) is 0. The molecular formula is C6H18O9PSi2+. The molecule has 0 aliphatic heterocycles. The summed E-state index contributed by atoms with van der Waals surface area (Å²) in [5.41, 5.74) is 0. The van der Waals surface area contributed by atoms with E-state index in [1.54, 1.807) is 0 Å². The highest BCUT2D eigenvalue weighted by Crippen LogP contribution is 2.34. The van der Waals surface area contributed by atoms with Gasteiger partial charge < -0.3 is 26.6 Å². The van der Waals surface area contributed by atoms with E-state index >= 15 is 0 Å². The van der Waals surface area contributed by atoms with Crippen molar-refractivity contribution in [3.8, 4) is 0 Å². The summed E-state index contributed by atoms with van der Waals surface area (Å²) < 4.78 is 51.3. The maximum Gasteiger partial charge on any atom is 0.727 e. The molecule has 0 aromatic rings. The van der Waals surface area contributed by atoms with E-state index in [4.69, 9.17) is 35.0 Å². The molecule has 0 spiro atoms. The fourth-order valence-electron chi connectivity index (χ4n) is 0.925. The summed E-state index contributed by atoms with van der Waals surface area (Å²) in [6.45, 7) is 0. The Morgan fingerprint density at radius 1 is 0.611 bits per heavy atom. The van der Waals surface area contributed by atoms with Crippen LogP contribution < -0.4 is 0 Å². The lowest BCUT2D eigenvalue weighted by Gasteiger charge is -2.18. The first-order valence-electron chi connectivity index (χ1n) is 4.63. The Labute approximate surface area is 109 Å². The molecule has 0 aromatic heterocycles. The minimum atomic E-state index is -3.47. The lowest BCUT2D eigenvalue weighted by molar-refractivity contribution is 0.0316. The molecule has 0 N–H and O–H groups in total. The fraction of sp³-hybridized carbons (Fsp3) is 1.00. The summed E-state index contributed by atoms with van der Waals surface area (Å²) >= 11 is 0. The Bertz CT molecular complexity index is 217. The van der Waals surface area contributed by atoms with Crippen LogP contribution in [0.5, 0.6) is 0 Å². The average Bonchev–Trinajstić information content (AvgIpc) is 2.42. The summed E-state index contributed by atoms with van der Waals surface area (Å²) in [6.07, 6.45) is 0. The van der Waals surface area contributed by atoms with E-state index in [1.807, 2.05) is 0 Å². The van der Waals surface area contributed by atoms with Crippen molar-refractivity contribution >= 4 is 26.4 Å². The van der Waals surface area contributed by atoms with Crippen LogP contribution in [0, 0.1) is 0 Å². The van der Waals surface area contributed by atoms with Crippen molar-refractivity contribution in [2.24, 2.45) is 0 Å². The molecule has 0 aromatic carbocycles. The number of hydrogen-bond acceptors (Lipinski definition) is 9. The summed E-state index contributed by atoms with van der Waals surface area (Å²) in [6, 6.07) is 0. The Morgan fingerprint density at radius 3 is 1.00 bits per heavy atom. The van der Waals surface area contributed by atoms with E-state index < -0.39 is 26.4 Å². The van der Waals surface area contributed by atoms with Crippen LogP contribution >= 0.6 is 8.25 Å². The molecule has 0 saturated carbocycles. The molecule has 0 amide bonds. The minimum Gasteiger partial charge on any atom is -0.353 e. The number of hydrogen-bond donors (Lipinski definition) is 0. The van der Waals surface area contributed by atoms with Crippen LogP contribution in [0.4, 0.5) is 0 Å². The topological polar surface area (TPSA) is 90.9 Å². The lowest BCUT2D eigenvalue weighted by Crippen LogP contribution is -2.47. The maximum absolute atomic E-state index is 11.7. The van der Waals surface area contributed by atoms with E-state index in [-0.39, 0.29) is 0 Å². The van der Waals surface area contributed by atoms with Crippen LogP contribution in [0.3, 0.4) is 0 Å². The van der Waals surface area contributed by atoms with Gasteiger partial charge in [-0.3, -0.25) is 0 Å². The zero-order valence-electron chi connectivity index (χ0n) is 11.1. The molecule has 0 aliphatic carbocycles. The van der Waals surface area contributed by atoms with Crippen molar-refractivity contribution in [3.63, 3.8) is 0 Å². The van der Waals surface area contributed by atoms with Crippen LogP contribution in [-0.4, -0.2) is 60.8 Å². The molecule has 0 saturated heterocycles. The SMILES string of the molecule is CO[Si](OC)(OC)O[P+](=O)O[Si](OC)(OC)OC. The minimum absolute atomic E-state index is 1.30. The first-order valence-corrected chi connectivity index (χ1v) is 8.99. The van der Waals surface area contributed by atoms with Crippen molar-refractivity contribution in [1.29, 1.82) is 0 Å². The van der Waals surface area contributed by atoms with Crippen molar-refractivity contribution in [2.75, 3.05) is 42.7 Å². The van der Waals surface area contributed by atoms with Gasteiger partial charge in [-0.2, -0.15) is 0 Å². The molecule has 9 nitrogen and oxygen atoms in total. The van der Waals surface area contributed by atoms with Gasteiger partial charge >= 0.3 is 26.4 Å². The van der Waals surface area contributed by atoms with Crippen LogP contribution in [0.15, 0.2) is 0 Å². The summed E-state index contributed by atoms with van der Waals surface area (Å²) in [4.78, 5) is 0. The van der Waals surface area contributed by atoms with Gasteiger partial charge in [0.05, 0.1) is 0 Å². The molecule has 0 heterocycles. The summed E-state index contributed by atoms with van der Waals surface area (Å²) in [5, 5.41) is 0. The number of rotatable bonds is 10. The second-order valence-corrected chi connectivity index (χ2v) is 8.99. The van der Waals surface area contributed by atoms with E-state index in [0.717, 1.165) is 0 Å². The Morgan fingerprint density at radius 2 is 0.833 bits per heavy atom. The lowest BCUT2D eigenvalue weighted by atomic mass is 11.8. The molecule has 0 radical (unpaired) electrons. The van der Waals surface area contributed by atoms with Gasteiger partial charge in [0.1, 0.15) is 0 Å². The molecule has 0 unspecified atom stereocenters. The van der Waals surface area contributed by atoms with Gasteiger partial charge in [0.25, 0.3) is 0 Å². The predicted octanol–water partition coefficient (Wildman–Crippen LogP) is 0.427. The molecule has 0 fully saturated rings. The Hall–Kier alpha value is 0.214. The quantitative estimate of drug-likeness (QED) is 0.419. The Balaban J connectivity index is 4.67. The first kappa shape index (κ1) is 18.2. The van der Waals surface area contributed by atoms with E-state index in [2.05, 4.69) is 0 Å². The van der Waals surface area contributed by atoms with Crippen molar-refractivity contribution in [1.82, 2.24) is 0 Å². The molecule has 0 aliphatic rings. The first-order chi connectivity index (χ1) is 8.46. The van der Waals surface area contributed by atoms with E-state index in [0.29, 0.717) is 0 Å². The highest BCUT2D eigenvalue weighted by Gasteiger charge is 2.59. The van der Waals surface area contributed by atoms with Crippen molar-refractivity contribution in [2.45, 2.75) is 0 Å². The van der Waals surface area contributed by atoms with Crippen molar-refractivity contribution < 1.29 is 39.5 Å². The third-order valence-electron chi connectivity index (χ3n) is 1.87. The third kappa shape index (κ3) is 4.71. The molecule has 108 valence electrons. The predicted molar refractivity (Wildman–Crippen MR) is 63.3 cm³/mol. The Kier molecular flexibility index (Phi) is 8.50. The highest BCUT2D eigenvalue weighted by molar-refractivity contribution is 7.37. The highest BCUT2D eigenvalue weighted by atomic mass is 31.1. The fourth-order valence-corrected chi connectivity index (χ4v) is 5.66. The van der Waals surface area contributed by atoms with Gasteiger partial charge in [-0.05, 0) is 0 Å². The molecule has 0 rings (SSSR count). The van der Waals surface area contributed by atoms with Crippen molar-refractivity contribution in [3.05, 3.63) is 0 Å². The van der Waals surface area contributed by atoms with Gasteiger partial charge in [-0.15, -0.1) is 0 Å². The molecule has 0 atom stereocenters. The average molecular weight is 321 g/mol. The van der Waals surface area contributed by atoms with Gasteiger partial charge in [0.15, 0.2) is 0 Å².